The number of hydrazone groups is 1. The van der Waals surface area contributed by atoms with Crippen molar-refractivity contribution in [3.63, 3.8) is 0 Å². The number of rotatable bonds is 3. The standard InChI is InChI=1S/C11H19N3O2/c12-11(16)14-13-8-10(15)9-6-4-2-1-3-5-7-9/h8-9H,1-7H2,(H3,12,14,16)/b13-8-. The predicted octanol–water partition coefficient (Wildman–Crippen LogP) is 1.57. The number of primary amides is 1. The average Bonchev–Trinajstić information content (AvgIpc) is 2.15. The topological polar surface area (TPSA) is 84.6 Å². The molecule has 0 radical (unpaired) electrons. The minimum absolute atomic E-state index is 0.00403. The molecule has 0 aliphatic heterocycles. The molecule has 1 fully saturated rings. The number of carbonyl (C=O) groups is 2. The van der Waals surface area contributed by atoms with Gasteiger partial charge in [0.2, 0.25) is 0 Å². The lowest BCUT2D eigenvalue weighted by Gasteiger charge is -2.16. The highest BCUT2D eigenvalue weighted by atomic mass is 16.2. The van der Waals surface area contributed by atoms with Gasteiger partial charge in [-0.15, -0.1) is 0 Å². The Morgan fingerprint density at radius 1 is 1.12 bits per heavy atom. The Bertz CT molecular complexity index is 268. The van der Waals surface area contributed by atoms with Gasteiger partial charge in [-0.05, 0) is 12.8 Å². The first kappa shape index (κ1) is 12.7. The lowest BCUT2D eigenvalue weighted by Crippen LogP contribution is -2.26. The van der Waals surface area contributed by atoms with Gasteiger partial charge in [-0.25, -0.2) is 10.2 Å². The van der Waals surface area contributed by atoms with Crippen molar-refractivity contribution in [3.05, 3.63) is 0 Å². The summed E-state index contributed by atoms with van der Waals surface area (Å²) in [5.41, 5.74) is 6.86. The normalized spacial score (nSPS) is 19.0. The Labute approximate surface area is 95.5 Å². The number of nitrogens with two attached hydrogens (primary N) is 1. The summed E-state index contributed by atoms with van der Waals surface area (Å²) in [7, 11) is 0. The molecule has 3 N–H and O–H groups in total. The van der Waals surface area contributed by atoms with Gasteiger partial charge in [0, 0.05) is 5.92 Å². The fourth-order valence-electron chi connectivity index (χ4n) is 2.01. The maximum atomic E-state index is 11.7. The molecule has 1 aliphatic carbocycles. The molecule has 90 valence electrons. The van der Waals surface area contributed by atoms with E-state index in [4.69, 9.17) is 5.73 Å². The molecule has 5 nitrogen and oxygen atoms in total. The highest BCUT2D eigenvalue weighted by Gasteiger charge is 2.17. The van der Waals surface area contributed by atoms with Crippen molar-refractivity contribution in [3.8, 4) is 0 Å². The van der Waals surface area contributed by atoms with Crippen LogP contribution in [0.15, 0.2) is 5.10 Å². The molecule has 0 aromatic heterocycles. The van der Waals surface area contributed by atoms with Crippen molar-refractivity contribution in [2.75, 3.05) is 0 Å². The van der Waals surface area contributed by atoms with Crippen LogP contribution in [0.5, 0.6) is 0 Å². The molecule has 0 atom stereocenters. The van der Waals surface area contributed by atoms with Gasteiger partial charge in [-0.1, -0.05) is 32.1 Å². The van der Waals surface area contributed by atoms with Crippen molar-refractivity contribution in [1.82, 2.24) is 5.43 Å². The van der Waals surface area contributed by atoms with E-state index in [-0.39, 0.29) is 11.7 Å². The maximum Gasteiger partial charge on any atom is 0.332 e. The first-order chi connectivity index (χ1) is 7.70. The van der Waals surface area contributed by atoms with Crippen molar-refractivity contribution in [2.24, 2.45) is 16.8 Å². The Hall–Kier alpha value is -1.39. The number of carbonyl (C=O) groups excluding carboxylic acids is 2. The summed E-state index contributed by atoms with van der Waals surface area (Å²) in [5, 5.41) is 3.50. The third kappa shape index (κ3) is 4.91. The van der Waals surface area contributed by atoms with E-state index < -0.39 is 6.03 Å². The van der Waals surface area contributed by atoms with Crippen LogP contribution in [0.2, 0.25) is 0 Å². The Morgan fingerprint density at radius 3 is 2.25 bits per heavy atom. The number of amides is 2. The van der Waals surface area contributed by atoms with Crippen LogP contribution >= 0.6 is 0 Å². The summed E-state index contributed by atoms with van der Waals surface area (Å²) in [6.45, 7) is 0. The van der Waals surface area contributed by atoms with E-state index in [1.54, 1.807) is 0 Å². The summed E-state index contributed by atoms with van der Waals surface area (Å²) < 4.78 is 0. The minimum atomic E-state index is -0.748. The van der Waals surface area contributed by atoms with E-state index in [2.05, 4.69) is 5.10 Å². The van der Waals surface area contributed by atoms with Gasteiger partial charge in [0.25, 0.3) is 0 Å². The molecule has 0 aromatic carbocycles. The molecule has 0 bridgehead atoms. The lowest BCUT2D eigenvalue weighted by atomic mass is 9.88. The van der Waals surface area contributed by atoms with E-state index in [9.17, 15) is 9.59 Å². The van der Waals surface area contributed by atoms with Crippen LogP contribution in [0, 0.1) is 5.92 Å². The van der Waals surface area contributed by atoms with E-state index >= 15 is 0 Å². The number of hydrogen-bond acceptors (Lipinski definition) is 3. The molecule has 2 amide bonds. The second-order valence-electron chi connectivity index (χ2n) is 4.18. The van der Waals surface area contributed by atoms with Gasteiger partial charge in [-0.2, -0.15) is 5.10 Å². The van der Waals surface area contributed by atoms with Crippen LogP contribution in [0.4, 0.5) is 4.79 Å². The predicted molar refractivity (Wildman–Crippen MR) is 62.0 cm³/mol. The minimum Gasteiger partial charge on any atom is -0.350 e. The molecule has 1 saturated carbocycles. The summed E-state index contributed by atoms with van der Waals surface area (Å²) >= 11 is 0. The van der Waals surface area contributed by atoms with Crippen LogP contribution < -0.4 is 11.2 Å². The van der Waals surface area contributed by atoms with Crippen molar-refractivity contribution in [1.29, 1.82) is 0 Å². The van der Waals surface area contributed by atoms with Gasteiger partial charge in [0.05, 0.1) is 6.21 Å². The van der Waals surface area contributed by atoms with Gasteiger partial charge in [-0.3, -0.25) is 4.79 Å². The number of urea groups is 1. The van der Waals surface area contributed by atoms with Crippen LogP contribution in [0.3, 0.4) is 0 Å². The number of Topliss-reactive ketones (excluding diaryl/α,β-unsaturated/α-hetero) is 1. The van der Waals surface area contributed by atoms with Crippen molar-refractivity contribution in [2.45, 2.75) is 44.9 Å². The maximum absolute atomic E-state index is 11.7. The zero-order valence-corrected chi connectivity index (χ0v) is 9.45. The summed E-state index contributed by atoms with van der Waals surface area (Å²) in [5.74, 6) is 0.0642. The van der Waals surface area contributed by atoms with Gasteiger partial charge in [0.15, 0.2) is 5.78 Å². The fraction of sp³-hybridized carbons (Fsp3) is 0.727. The van der Waals surface area contributed by atoms with Crippen LogP contribution in [-0.2, 0) is 4.79 Å². The molecule has 0 saturated heterocycles. The average molecular weight is 225 g/mol. The van der Waals surface area contributed by atoms with Crippen LogP contribution in [0.25, 0.3) is 0 Å². The fourth-order valence-corrected chi connectivity index (χ4v) is 2.01. The van der Waals surface area contributed by atoms with E-state index in [0.717, 1.165) is 25.7 Å². The van der Waals surface area contributed by atoms with Crippen LogP contribution in [-0.4, -0.2) is 18.0 Å². The Kier molecular flexibility index (Phi) is 5.53. The number of ketones is 1. The smallest absolute Gasteiger partial charge is 0.332 e. The monoisotopic (exact) mass is 225 g/mol. The second-order valence-corrected chi connectivity index (χ2v) is 4.18. The molecule has 0 aromatic rings. The van der Waals surface area contributed by atoms with Crippen molar-refractivity contribution >= 4 is 18.0 Å². The molecule has 0 spiro atoms. The molecule has 0 heterocycles. The van der Waals surface area contributed by atoms with Crippen LogP contribution in [0.1, 0.15) is 44.9 Å². The summed E-state index contributed by atoms with van der Waals surface area (Å²) in [6, 6.07) is -0.748. The van der Waals surface area contributed by atoms with E-state index in [0.29, 0.717) is 0 Å². The van der Waals surface area contributed by atoms with E-state index in [1.165, 1.54) is 25.5 Å². The Balaban J connectivity index is 2.38. The highest BCUT2D eigenvalue weighted by molar-refractivity contribution is 6.28. The third-order valence-electron chi connectivity index (χ3n) is 2.87. The molecular formula is C11H19N3O2. The Morgan fingerprint density at radius 2 is 1.69 bits per heavy atom. The highest BCUT2D eigenvalue weighted by Crippen LogP contribution is 2.22. The first-order valence-corrected chi connectivity index (χ1v) is 5.82. The second kappa shape index (κ2) is 6.98. The molecular weight excluding hydrogens is 206 g/mol. The first-order valence-electron chi connectivity index (χ1n) is 5.82. The van der Waals surface area contributed by atoms with Gasteiger partial charge in [0.1, 0.15) is 0 Å². The molecule has 1 aliphatic rings. The number of nitrogens with one attached hydrogen (secondary N) is 1. The zero-order chi connectivity index (χ0) is 11.8. The number of nitrogens with zero attached hydrogens (tertiary/aromatic N) is 1. The lowest BCUT2D eigenvalue weighted by molar-refractivity contribution is -0.116. The molecule has 1 rings (SSSR count). The number of hydrogen-bond donors (Lipinski definition) is 2. The van der Waals surface area contributed by atoms with Gasteiger partial charge < -0.3 is 5.73 Å². The molecule has 0 unspecified atom stereocenters. The quantitative estimate of drug-likeness (QED) is 0.564. The molecule has 16 heavy (non-hydrogen) atoms. The third-order valence-corrected chi connectivity index (χ3v) is 2.87. The van der Waals surface area contributed by atoms with Gasteiger partial charge >= 0.3 is 6.03 Å². The zero-order valence-electron chi connectivity index (χ0n) is 9.45. The summed E-state index contributed by atoms with van der Waals surface area (Å²) in [6.07, 6.45) is 8.94. The van der Waals surface area contributed by atoms with E-state index in [1.807, 2.05) is 5.43 Å². The largest absolute Gasteiger partial charge is 0.350 e. The SMILES string of the molecule is NC(=O)N/N=C\C(=O)C1CCCCCCC1. The molecule has 5 heteroatoms. The summed E-state index contributed by atoms with van der Waals surface area (Å²) in [4.78, 5) is 22.0. The van der Waals surface area contributed by atoms with Crippen molar-refractivity contribution < 1.29 is 9.59 Å².